The van der Waals surface area contributed by atoms with E-state index < -0.39 is 0 Å². The summed E-state index contributed by atoms with van der Waals surface area (Å²) >= 11 is 0. The van der Waals surface area contributed by atoms with Gasteiger partial charge in [0, 0.05) is 126 Å². The normalized spacial score (nSPS) is 33.8. The highest BCUT2D eigenvalue weighted by Gasteiger charge is 2.64. The van der Waals surface area contributed by atoms with E-state index in [-0.39, 0.29) is 48.6 Å². The minimum Gasteiger partial charge on any atom is -0.447 e. The Morgan fingerprint density at radius 2 is 0.534 bits per heavy atom. The monoisotopic (exact) mass is 1580 g/mol. The van der Waals surface area contributed by atoms with Crippen LogP contribution in [0.2, 0.25) is 0 Å². The molecule has 18 aliphatic rings. The fraction of sp³-hybridized carbons (Fsp3) is 0.543. The van der Waals surface area contributed by atoms with Gasteiger partial charge in [0.1, 0.15) is 39.6 Å². The van der Waals surface area contributed by atoms with Crippen molar-refractivity contribution in [1.82, 2.24) is 30.7 Å². The fourth-order valence-corrected chi connectivity index (χ4v) is 22.3. The van der Waals surface area contributed by atoms with Crippen molar-refractivity contribution in [3.05, 3.63) is 179 Å². The topological polar surface area (TPSA) is 223 Å². The summed E-state index contributed by atoms with van der Waals surface area (Å²) in [5.74, 6) is 4.96. The molecule has 6 saturated carbocycles. The predicted molar refractivity (Wildman–Crippen MR) is 444 cm³/mol. The average Bonchev–Trinajstić information content (AvgIpc) is 1.62. The van der Waals surface area contributed by atoms with E-state index in [0.29, 0.717) is 98.3 Å². The van der Waals surface area contributed by atoms with Crippen LogP contribution in [-0.2, 0) is 60.9 Å². The van der Waals surface area contributed by atoms with Crippen LogP contribution in [0.15, 0.2) is 146 Å². The van der Waals surface area contributed by atoms with Gasteiger partial charge in [0.2, 0.25) is 0 Å². The van der Waals surface area contributed by atoms with Crippen LogP contribution in [0.3, 0.4) is 0 Å². The predicted octanol–water partition coefficient (Wildman–Crippen LogP) is 12.0. The Balaban J connectivity index is 0.0000000929. The number of cyclic esters (lactones) is 6. The zero-order chi connectivity index (χ0) is 79.5. The first-order valence-corrected chi connectivity index (χ1v) is 43.0. The van der Waals surface area contributed by atoms with Gasteiger partial charge in [0.25, 0.3) is 0 Å². The maximum Gasteiger partial charge on any atom is 0.414 e. The molecule has 24 nitrogen and oxygen atoms in total. The van der Waals surface area contributed by atoms with Crippen molar-refractivity contribution in [3.63, 3.8) is 0 Å². The van der Waals surface area contributed by atoms with Crippen LogP contribution in [0.4, 0.5) is 62.9 Å². The molecule has 18 fully saturated rings. The van der Waals surface area contributed by atoms with Crippen LogP contribution in [-0.4, -0.2) is 227 Å². The molecule has 612 valence electrons. The average molecular weight is 1580 g/mol. The Labute approximate surface area is 680 Å². The molecular weight excluding hydrogens is 1470 g/mol. The van der Waals surface area contributed by atoms with Gasteiger partial charge in [-0.3, -0.25) is 29.4 Å². The number of piperidine rings is 6. The van der Waals surface area contributed by atoms with Crippen LogP contribution in [0, 0.1) is 35.5 Å². The van der Waals surface area contributed by atoms with E-state index in [4.69, 9.17) is 28.4 Å². The molecule has 14 atom stereocenters. The number of rotatable bonds is 15. The third kappa shape index (κ3) is 13.9. The van der Waals surface area contributed by atoms with Gasteiger partial charge < -0.3 is 59.1 Å². The summed E-state index contributed by atoms with van der Waals surface area (Å²) in [6.07, 6.45) is 6.55. The van der Waals surface area contributed by atoms with Crippen molar-refractivity contribution in [2.45, 2.75) is 118 Å². The second-order valence-electron chi connectivity index (χ2n) is 36.2. The Morgan fingerprint density at radius 3 is 0.716 bits per heavy atom. The summed E-state index contributed by atoms with van der Waals surface area (Å²) in [6.45, 7) is 33.9. The molecule has 24 rings (SSSR count). The molecule has 3 N–H and O–H groups in total. The largest absolute Gasteiger partial charge is 0.447 e. The van der Waals surface area contributed by atoms with Crippen molar-refractivity contribution in [1.29, 1.82) is 0 Å². The molecular formula is C92H112N12O12. The minimum atomic E-state index is -0.231. The zero-order valence-electron chi connectivity index (χ0n) is 67.8. The first-order valence-electron chi connectivity index (χ1n) is 43.0. The number of likely N-dealkylation sites (tertiary alicyclic amines) is 3. The maximum absolute atomic E-state index is 11.8. The molecule has 10 unspecified atom stereocenters. The number of hydrogen-bond acceptors (Lipinski definition) is 18. The van der Waals surface area contributed by atoms with Crippen molar-refractivity contribution < 1.29 is 57.2 Å². The molecule has 0 radical (unpaired) electrons. The highest BCUT2D eigenvalue weighted by molar-refractivity contribution is 5.93. The minimum absolute atomic E-state index is 0.122. The van der Waals surface area contributed by atoms with E-state index in [9.17, 15) is 28.8 Å². The highest BCUT2D eigenvalue weighted by Crippen LogP contribution is 2.63. The number of benzene rings is 6. The summed E-state index contributed by atoms with van der Waals surface area (Å²) in [5, 5.41) is 10.4. The van der Waals surface area contributed by atoms with E-state index in [1.807, 2.05) is 38.1 Å². The third-order valence-electron chi connectivity index (χ3n) is 29.9. The summed E-state index contributed by atoms with van der Waals surface area (Å²) < 4.78 is 30.1. The van der Waals surface area contributed by atoms with Crippen molar-refractivity contribution in [2.75, 3.05) is 193 Å². The van der Waals surface area contributed by atoms with Gasteiger partial charge in [-0.25, -0.2) is 28.8 Å². The number of amides is 6. The Hall–Kier alpha value is -9.30. The van der Waals surface area contributed by atoms with E-state index >= 15 is 0 Å². The molecule has 12 aliphatic heterocycles. The molecule has 12 heterocycles. The van der Waals surface area contributed by atoms with Crippen LogP contribution < -0.4 is 45.3 Å². The van der Waals surface area contributed by atoms with Crippen molar-refractivity contribution in [3.8, 4) is 0 Å². The number of hydrogen-bond donors (Lipinski definition) is 3. The number of carbonyl (C=O) groups excluding carboxylic acids is 6. The van der Waals surface area contributed by atoms with E-state index in [2.05, 4.69) is 173 Å². The lowest BCUT2D eigenvalue weighted by Gasteiger charge is -2.21. The SMILES string of the molecule is CC1COC(=O)N1c1ccc(C23CNCC2C3)cc1.CCN1CC2CC2(c2ccc(N3C(=O)OCC3C)cc2)C1.CCN1CC2C[C@@]2(c2ccc(N3CCOC3=O)cc2)C1.CCN1CC2C[C@]2(c2ccc(N3CCOC3=O)cc2)C1.O=C1OCCN1c1ccc([C@@]23CNCC2C3)cc1.O=C1OCCN1c1ccc([C@]23CNCC2C3)cc1. The summed E-state index contributed by atoms with van der Waals surface area (Å²) in [7, 11) is 0. The van der Waals surface area contributed by atoms with Gasteiger partial charge in [-0.15, -0.1) is 0 Å². The highest BCUT2D eigenvalue weighted by atomic mass is 16.6. The maximum atomic E-state index is 11.8. The first-order chi connectivity index (χ1) is 56.4. The second-order valence-corrected chi connectivity index (χ2v) is 36.2. The van der Waals surface area contributed by atoms with Gasteiger partial charge in [0.05, 0.1) is 38.3 Å². The molecule has 6 aromatic rings. The number of nitrogens with one attached hydrogen (secondary N) is 3. The molecule has 0 spiro atoms. The third-order valence-corrected chi connectivity index (χ3v) is 29.9. The molecule has 0 bridgehead atoms. The van der Waals surface area contributed by atoms with Gasteiger partial charge in [-0.2, -0.15) is 0 Å². The van der Waals surface area contributed by atoms with Crippen LogP contribution in [0.25, 0.3) is 0 Å². The lowest BCUT2D eigenvalue weighted by Crippen LogP contribution is -2.31. The number of anilines is 6. The number of carbonyl (C=O) groups is 6. The van der Waals surface area contributed by atoms with E-state index in [0.717, 1.165) is 129 Å². The Morgan fingerprint density at radius 1 is 0.302 bits per heavy atom. The van der Waals surface area contributed by atoms with Gasteiger partial charge in [-0.1, -0.05) is 93.6 Å². The van der Waals surface area contributed by atoms with Crippen LogP contribution in [0.5, 0.6) is 0 Å². The summed E-state index contributed by atoms with van der Waals surface area (Å²) in [5.41, 5.74) is 16.6. The lowest BCUT2D eigenvalue weighted by atomic mass is 9.94. The Bertz CT molecular complexity index is 4500. The van der Waals surface area contributed by atoms with Crippen LogP contribution >= 0.6 is 0 Å². The molecule has 6 aromatic carbocycles. The molecule has 12 saturated heterocycles. The number of fused-ring (bicyclic) bond motifs is 6. The van der Waals surface area contributed by atoms with E-state index in [1.165, 1.54) is 111 Å². The molecule has 6 aliphatic carbocycles. The van der Waals surface area contributed by atoms with Crippen molar-refractivity contribution in [2.24, 2.45) is 35.5 Å². The molecule has 116 heavy (non-hydrogen) atoms. The number of likely N-dealkylation sites (N-methyl/N-ethyl adjacent to an activating group) is 3. The molecule has 0 aromatic heterocycles. The summed E-state index contributed by atoms with van der Waals surface area (Å²) in [6, 6.07) is 51.3. The number of ether oxygens (including phenoxy) is 6. The standard InChI is InChI=1S/C17H22N2O2.2C16H20N2O2.C15H18N2O2.2C14H16N2O2/c1-3-18-9-14-8-17(14,11-18)13-4-6-15(7-5-13)19-12(2)10-21-16(19)20;2*1-2-17-10-13-9-16(13,11-17)12-3-5-14(6-4-12)18-7-8-20-15(18)19;1-10-8-19-14(18)17(10)13-4-2-11(3-5-13)15-6-12(15)7-16-9-15;2*17-13-16(5-6-18-13)12-3-1-10(2-4-12)14-7-11(14)8-15-9-14/h4-7,12,14H,3,8-11H2,1-2H3;2*3-6,13H,2,7-11H2,1H3;2-5,10,12,16H,6-9H2,1H3;2*1-4,11,15H,5-9H2/t;2*13?,16-;;2*11?,14-/m.10.10/s1. The quantitative estimate of drug-likeness (QED) is 0.0813. The Kier molecular flexibility index (Phi) is 20.0. The second kappa shape index (κ2) is 30.3. The van der Waals surface area contributed by atoms with Crippen molar-refractivity contribution >= 4 is 70.7 Å². The van der Waals surface area contributed by atoms with Gasteiger partial charge in [-0.05, 0) is 233 Å². The molecule has 24 heteroatoms. The van der Waals surface area contributed by atoms with E-state index in [1.54, 1.807) is 29.4 Å². The first kappa shape index (κ1) is 76.7. The van der Waals surface area contributed by atoms with Crippen LogP contribution in [0.1, 0.15) is 107 Å². The van der Waals surface area contributed by atoms with Gasteiger partial charge >= 0.3 is 36.6 Å². The molecule has 6 amide bonds. The van der Waals surface area contributed by atoms with Gasteiger partial charge in [0.15, 0.2) is 0 Å². The number of nitrogens with zero attached hydrogens (tertiary/aromatic N) is 9. The smallest absolute Gasteiger partial charge is 0.414 e. The zero-order valence-corrected chi connectivity index (χ0v) is 67.8. The summed E-state index contributed by atoms with van der Waals surface area (Å²) in [4.78, 5) is 87.5. The lowest BCUT2D eigenvalue weighted by molar-refractivity contribution is 0.178. The fourth-order valence-electron chi connectivity index (χ4n) is 22.3.